The van der Waals surface area contributed by atoms with Crippen molar-refractivity contribution < 1.29 is 0 Å². The van der Waals surface area contributed by atoms with Crippen molar-refractivity contribution in [2.24, 2.45) is 0 Å². The Balaban J connectivity index is 1.84. The molecule has 0 nitrogen and oxygen atoms in total. The smallest absolute Gasteiger partial charge is 0.112 e. The highest BCUT2D eigenvalue weighted by Crippen LogP contribution is 2.00. The van der Waals surface area contributed by atoms with Crippen molar-refractivity contribution in [3.8, 4) is 0 Å². The Hall–Kier alpha value is -1.43. The van der Waals surface area contributed by atoms with Crippen LogP contribution in [0.5, 0.6) is 0 Å². The minimum absolute atomic E-state index is 0.992. The van der Waals surface area contributed by atoms with Gasteiger partial charge in [-0.25, -0.2) is 0 Å². The third kappa shape index (κ3) is 3.26. The second-order valence-corrected chi connectivity index (χ2v) is 13.0. The lowest BCUT2D eigenvalue weighted by Gasteiger charge is -2.09. The van der Waals surface area contributed by atoms with Crippen LogP contribution >= 0.6 is 11.3 Å². The van der Waals surface area contributed by atoms with Gasteiger partial charge in [0, 0.05) is 0 Å². The molecular formula is C18H20SSi2. The molecule has 2 atom stereocenters. The van der Waals surface area contributed by atoms with E-state index in [9.17, 15) is 0 Å². The zero-order valence-corrected chi connectivity index (χ0v) is 15.6. The van der Waals surface area contributed by atoms with Gasteiger partial charge in [0.1, 0.15) is 17.6 Å². The predicted molar refractivity (Wildman–Crippen MR) is 102 cm³/mol. The topological polar surface area (TPSA) is 0 Å². The molecule has 1 heterocycles. The van der Waals surface area contributed by atoms with Crippen LogP contribution in [-0.2, 0) is 0 Å². The Morgan fingerprint density at radius 1 is 0.571 bits per heavy atom. The van der Waals surface area contributed by atoms with E-state index in [-0.39, 0.29) is 0 Å². The molecule has 0 bridgehead atoms. The summed E-state index contributed by atoms with van der Waals surface area (Å²) in [7, 11) is -1.98. The van der Waals surface area contributed by atoms with Crippen molar-refractivity contribution in [2.45, 2.75) is 13.1 Å². The lowest BCUT2D eigenvalue weighted by Crippen LogP contribution is -2.39. The van der Waals surface area contributed by atoms with E-state index in [1.165, 1.54) is 0 Å². The summed E-state index contributed by atoms with van der Waals surface area (Å²) in [6.07, 6.45) is 0. The molecule has 0 spiro atoms. The fourth-order valence-corrected chi connectivity index (χ4v) is 9.67. The van der Waals surface area contributed by atoms with Crippen LogP contribution in [0.2, 0.25) is 13.1 Å². The second kappa shape index (κ2) is 6.56. The fraction of sp³-hybridized carbons (Fsp3) is 0.111. The summed E-state index contributed by atoms with van der Waals surface area (Å²) >= 11 is 2.06. The second-order valence-electron chi connectivity index (χ2n) is 5.50. The van der Waals surface area contributed by atoms with E-state index in [4.69, 9.17) is 0 Å². The van der Waals surface area contributed by atoms with Crippen molar-refractivity contribution in [3.05, 3.63) is 72.8 Å². The fourth-order valence-electron chi connectivity index (χ4n) is 2.65. The molecule has 3 aromatic rings. The Kier molecular flexibility index (Phi) is 4.53. The third-order valence-corrected chi connectivity index (χ3v) is 12.5. The van der Waals surface area contributed by atoms with Crippen molar-refractivity contribution in [1.82, 2.24) is 0 Å². The highest BCUT2D eigenvalue weighted by Gasteiger charge is 2.16. The van der Waals surface area contributed by atoms with E-state index in [0.29, 0.717) is 0 Å². The van der Waals surface area contributed by atoms with Gasteiger partial charge in [-0.1, -0.05) is 96.3 Å². The van der Waals surface area contributed by atoms with Crippen LogP contribution in [0.15, 0.2) is 72.8 Å². The van der Waals surface area contributed by atoms with Crippen LogP contribution in [0.4, 0.5) is 0 Å². The van der Waals surface area contributed by atoms with Crippen LogP contribution in [0.25, 0.3) is 0 Å². The number of rotatable bonds is 4. The summed E-state index contributed by atoms with van der Waals surface area (Å²) in [6.45, 7) is 4.89. The van der Waals surface area contributed by atoms with E-state index in [0.717, 1.165) is 0 Å². The molecule has 2 aromatic carbocycles. The zero-order valence-electron chi connectivity index (χ0n) is 12.5. The Morgan fingerprint density at radius 3 is 1.33 bits per heavy atom. The molecule has 0 saturated carbocycles. The highest BCUT2D eigenvalue weighted by molar-refractivity contribution is 7.33. The molecule has 0 aliphatic heterocycles. The number of thiophene rings is 1. The van der Waals surface area contributed by atoms with Gasteiger partial charge in [-0.2, -0.15) is 11.3 Å². The summed E-state index contributed by atoms with van der Waals surface area (Å²) in [5.74, 6) is 0. The minimum Gasteiger partial charge on any atom is -0.155 e. The zero-order chi connectivity index (χ0) is 14.7. The van der Waals surface area contributed by atoms with Gasteiger partial charge in [-0.15, -0.1) is 0 Å². The van der Waals surface area contributed by atoms with Gasteiger partial charge >= 0.3 is 0 Å². The predicted octanol–water partition coefficient (Wildman–Crippen LogP) is 1.69. The first-order valence-electron chi connectivity index (χ1n) is 7.45. The standard InChI is InChI=1S/C18H20SSi2/c1-20(15-9-5-3-6-10-15)17-13-14-18(19-17)21(2)16-11-7-4-8-12-16/h3-14,20-21H,1-2H3. The molecule has 0 aliphatic rings. The summed E-state index contributed by atoms with van der Waals surface area (Å²) < 4.78 is 3.23. The Bertz CT molecular complexity index is 632. The van der Waals surface area contributed by atoms with Gasteiger partial charge in [-0.05, 0) is 9.00 Å². The van der Waals surface area contributed by atoms with Crippen LogP contribution in [0, 0.1) is 0 Å². The van der Waals surface area contributed by atoms with Crippen LogP contribution in [-0.4, -0.2) is 17.6 Å². The Labute approximate surface area is 134 Å². The summed E-state index contributed by atoms with van der Waals surface area (Å²) in [6, 6.07) is 26.8. The van der Waals surface area contributed by atoms with E-state index in [1.54, 1.807) is 19.4 Å². The van der Waals surface area contributed by atoms with Gasteiger partial charge in [0.25, 0.3) is 0 Å². The monoisotopic (exact) mass is 324 g/mol. The molecule has 0 fully saturated rings. The lowest BCUT2D eigenvalue weighted by molar-refractivity contribution is 1.75. The van der Waals surface area contributed by atoms with Crippen LogP contribution in [0.1, 0.15) is 0 Å². The Morgan fingerprint density at radius 2 is 0.952 bits per heavy atom. The van der Waals surface area contributed by atoms with Crippen molar-refractivity contribution in [3.63, 3.8) is 0 Å². The van der Waals surface area contributed by atoms with Gasteiger partial charge in [0.15, 0.2) is 0 Å². The lowest BCUT2D eigenvalue weighted by atomic mass is 10.4. The van der Waals surface area contributed by atoms with E-state index < -0.39 is 17.6 Å². The van der Waals surface area contributed by atoms with Gasteiger partial charge in [-0.3, -0.25) is 0 Å². The largest absolute Gasteiger partial charge is 0.155 e. The average Bonchev–Trinajstić information content (AvgIpc) is 3.05. The maximum atomic E-state index is 2.44. The molecule has 2 unspecified atom stereocenters. The van der Waals surface area contributed by atoms with Crippen molar-refractivity contribution in [2.75, 3.05) is 0 Å². The summed E-state index contributed by atoms with van der Waals surface area (Å²) in [5.41, 5.74) is 0. The first-order valence-corrected chi connectivity index (χ1v) is 12.9. The van der Waals surface area contributed by atoms with Gasteiger partial charge in [0.05, 0.1) is 0 Å². The molecule has 21 heavy (non-hydrogen) atoms. The minimum atomic E-state index is -0.992. The normalized spacial score (nSPS) is 13.8. The molecule has 0 amide bonds. The molecular weight excluding hydrogens is 304 g/mol. The van der Waals surface area contributed by atoms with Gasteiger partial charge < -0.3 is 0 Å². The quantitative estimate of drug-likeness (QED) is 0.641. The van der Waals surface area contributed by atoms with Crippen LogP contribution < -0.4 is 19.4 Å². The maximum absolute atomic E-state index is 2.44. The molecule has 3 heteroatoms. The molecule has 1 aromatic heterocycles. The molecule has 0 saturated heterocycles. The summed E-state index contributed by atoms with van der Waals surface area (Å²) in [5, 5.41) is 3.08. The molecule has 0 N–H and O–H groups in total. The van der Waals surface area contributed by atoms with E-state index in [1.807, 2.05) is 0 Å². The first kappa shape index (κ1) is 14.5. The third-order valence-electron chi connectivity index (χ3n) is 4.10. The maximum Gasteiger partial charge on any atom is 0.112 e. The van der Waals surface area contributed by atoms with Gasteiger partial charge in [0.2, 0.25) is 0 Å². The summed E-state index contributed by atoms with van der Waals surface area (Å²) in [4.78, 5) is 0. The molecule has 3 rings (SSSR count). The molecule has 106 valence electrons. The average molecular weight is 325 g/mol. The SMILES string of the molecule is C[SiH](c1ccccc1)c1ccc([SiH](C)c2ccccc2)s1. The highest BCUT2D eigenvalue weighted by atomic mass is 32.1. The van der Waals surface area contributed by atoms with E-state index in [2.05, 4.69) is 97.2 Å². The van der Waals surface area contributed by atoms with Crippen LogP contribution in [0.3, 0.4) is 0 Å². The molecule has 0 aliphatic carbocycles. The number of benzene rings is 2. The number of hydrogen-bond acceptors (Lipinski definition) is 1. The first-order chi connectivity index (χ1) is 10.3. The molecule has 0 radical (unpaired) electrons. The van der Waals surface area contributed by atoms with Crippen molar-refractivity contribution >= 4 is 48.3 Å². The number of hydrogen-bond donors (Lipinski definition) is 0. The van der Waals surface area contributed by atoms with Crippen molar-refractivity contribution in [1.29, 1.82) is 0 Å². The van der Waals surface area contributed by atoms with E-state index >= 15 is 0 Å².